The van der Waals surface area contributed by atoms with Crippen LogP contribution in [-0.4, -0.2) is 25.3 Å². The van der Waals surface area contributed by atoms with Crippen LogP contribution in [0.25, 0.3) is 5.57 Å². The topological polar surface area (TPSA) is 47.6 Å². The number of hydrogen-bond acceptors (Lipinski definition) is 3. The third-order valence-electron chi connectivity index (χ3n) is 2.28. The Kier molecular flexibility index (Phi) is 4.44. The highest BCUT2D eigenvalue weighted by atomic mass is 16.6. The molecular weight excluding hydrogens is 242 g/mol. The molecule has 1 N–H and O–H groups in total. The lowest BCUT2D eigenvalue weighted by Crippen LogP contribution is -2.33. The number of ether oxygens (including phenoxy) is 2. The summed E-state index contributed by atoms with van der Waals surface area (Å²) in [4.78, 5) is 11.6. The van der Waals surface area contributed by atoms with Gasteiger partial charge in [0.25, 0.3) is 0 Å². The molecule has 0 radical (unpaired) electrons. The molecule has 0 saturated heterocycles. The Bertz CT molecular complexity index is 475. The molecule has 104 valence electrons. The summed E-state index contributed by atoms with van der Waals surface area (Å²) in [6.07, 6.45) is -0.495. The Balaban J connectivity index is 2.62. The van der Waals surface area contributed by atoms with Gasteiger partial charge in [-0.3, -0.25) is 0 Å². The number of carbonyl (C=O) groups is 1. The van der Waals surface area contributed by atoms with Gasteiger partial charge < -0.3 is 14.8 Å². The van der Waals surface area contributed by atoms with E-state index >= 15 is 0 Å². The van der Waals surface area contributed by atoms with E-state index in [1.54, 1.807) is 27.9 Å². The molecule has 0 aliphatic rings. The minimum absolute atomic E-state index is 0.241. The van der Waals surface area contributed by atoms with Gasteiger partial charge in [0.2, 0.25) is 0 Å². The molecule has 1 amide bonds. The third-order valence-corrected chi connectivity index (χ3v) is 2.28. The number of hydrogen-bond donors (Lipinski definition) is 1. The van der Waals surface area contributed by atoms with Crippen molar-refractivity contribution in [2.75, 3.05) is 13.7 Å². The van der Waals surface area contributed by atoms with E-state index in [1.165, 1.54) is 6.55 Å². The zero-order chi connectivity index (χ0) is 15.2. The number of rotatable bonds is 4. The standard InChI is InChI=1S/C15H21NO3/c1-11(10-16-14(17)19-15(2,3)4)12-6-8-13(18-5)9-7-12/h6-9H,1,10H2,2-5H3,(H,16,17)/i1D. The van der Waals surface area contributed by atoms with Crippen LogP contribution in [0.1, 0.15) is 27.7 Å². The van der Waals surface area contributed by atoms with Crippen molar-refractivity contribution in [1.82, 2.24) is 5.32 Å². The first-order valence-electron chi connectivity index (χ1n) is 6.62. The summed E-state index contributed by atoms with van der Waals surface area (Å²) >= 11 is 0. The summed E-state index contributed by atoms with van der Waals surface area (Å²) in [5, 5.41) is 2.64. The first-order chi connectivity index (χ1) is 9.35. The van der Waals surface area contributed by atoms with Gasteiger partial charge in [-0.1, -0.05) is 18.7 Å². The Hall–Kier alpha value is -1.97. The van der Waals surface area contributed by atoms with Crippen molar-refractivity contribution in [2.24, 2.45) is 0 Å². The molecule has 0 atom stereocenters. The van der Waals surface area contributed by atoms with Gasteiger partial charge in [0.1, 0.15) is 11.4 Å². The Morgan fingerprint density at radius 1 is 1.37 bits per heavy atom. The highest BCUT2D eigenvalue weighted by molar-refractivity contribution is 5.73. The molecule has 0 spiro atoms. The molecule has 1 aromatic rings. The van der Waals surface area contributed by atoms with Gasteiger partial charge >= 0.3 is 6.09 Å². The maximum Gasteiger partial charge on any atom is 0.407 e. The fourth-order valence-electron chi connectivity index (χ4n) is 1.39. The zero-order valence-corrected chi connectivity index (χ0v) is 11.8. The van der Waals surface area contributed by atoms with Gasteiger partial charge in [-0.2, -0.15) is 0 Å². The van der Waals surface area contributed by atoms with Crippen molar-refractivity contribution >= 4 is 11.7 Å². The van der Waals surface area contributed by atoms with E-state index in [0.717, 1.165) is 11.3 Å². The van der Waals surface area contributed by atoms with Crippen molar-refractivity contribution in [3.63, 3.8) is 0 Å². The third kappa shape index (κ3) is 5.46. The minimum atomic E-state index is -0.533. The van der Waals surface area contributed by atoms with E-state index in [-0.39, 0.29) is 6.54 Å². The highest BCUT2D eigenvalue weighted by Crippen LogP contribution is 2.16. The van der Waals surface area contributed by atoms with Gasteiger partial charge in [0, 0.05) is 6.54 Å². The van der Waals surface area contributed by atoms with Crippen LogP contribution < -0.4 is 10.1 Å². The van der Waals surface area contributed by atoms with Crippen LogP contribution in [0.4, 0.5) is 4.79 Å². The lowest BCUT2D eigenvalue weighted by molar-refractivity contribution is 0.0535. The fourth-order valence-corrected chi connectivity index (χ4v) is 1.39. The molecule has 0 heterocycles. The van der Waals surface area contributed by atoms with Crippen molar-refractivity contribution < 1.29 is 15.6 Å². The second-order valence-corrected chi connectivity index (χ2v) is 5.11. The van der Waals surface area contributed by atoms with E-state index in [2.05, 4.69) is 5.32 Å². The summed E-state index contributed by atoms with van der Waals surface area (Å²) < 4.78 is 17.7. The molecule has 0 aliphatic carbocycles. The first kappa shape index (κ1) is 13.5. The van der Waals surface area contributed by atoms with Gasteiger partial charge in [-0.25, -0.2) is 4.79 Å². The van der Waals surface area contributed by atoms with Crippen LogP contribution in [0.2, 0.25) is 0 Å². The Labute approximate surface area is 115 Å². The molecule has 0 aliphatic heterocycles. The molecule has 0 saturated carbocycles. The SMILES string of the molecule is [2H]C=C(CNC(=O)OC(C)(C)C)c1ccc(OC)cc1. The molecule has 0 fully saturated rings. The molecule has 0 unspecified atom stereocenters. The maximum atomic E-state index is 11.6. The normalized spacial score (nSPS) is 12.6. The van der Waals surface area contributed by atoms with Crippen LogP contribution in [0.3, 0.4) is 0 Å². The smallest absolute Gasteiger partial charge is 0.407 e. The van der Waals surface area contributed by atoms with Crippen molar-refractivity contribution in [2.45, 2.75) is 26.4 Å². The Morgan fingerprint density at radius 3 is 2.47 bits per heavy atom. The lowest BCUT2D eigenvalue weighted by Gasteiger charge is -2.20. The molecule has 0 bridgehead atoms. The predicted octanol–water partition coefficient (Wildman–Crippen LogP) is 3.23. The summed E-state index contributed by atoms with van der Waals surface area (Å²) in [5.74, 6) is 0.748. The summed E-state index contributed by atoms with van der Waals surface area (Å²) in [5.41, 5.74) is 1.02. The van der Waals surface area contributed by atoms with Crippen LogP contribution in [0.15, 0.2) is 30.8 Å². The fraction of sp³-hybridized carbons (Fsp3) is 0.400. The molecule has 1 aromatic carbocycles. The number of benzene rings is 1. The van der Waals surface area contributed by atoms with Crippen molar-refractivity contribution in [3.8, 4) is 5.75 Å². The molecule has 19 heavy (non-hydrogen) atoms. The van der Waals surface area contributed by atoms with Crippen LogP contribution in [0, 0.1) is 0 Å². The molecule has 1 rings (SSSR count). The second kappa shape index (κ2) is 6.27. The zero-order valence-electron chi connectivity index (χ0n) is 12.8. The maximum absolute atomic E-state index is 11.6. The summed E-state index contributed by atoms with van der Waals surface area (Å²) in [7, 11) is 1.60. The van der Waals surface area contributed by atoms with Gasteiger partial charge in [-0.05, 0) is 44.0 Å². The lowest BCUT2D eigenvalue weighted by atomic mass is 10.1. The number of alkyl carbamates (subject to hydrolysis) is 1. The van der Waals surface area contributed by atoms with E-state index in [4.69, 9.17) is 10.8 Å². The first-order valence-corrected chi connectivity index (χ1v) is 6.04. The Morgan fingerprint density at radius 2 is 2.00 bits per heavy atom. The monoisotopic (exact) mass is 264 g/mol. The van der Waals surface area contributed by atoms with Crippen LogP contribution in [0.5, 0.6) is 5.75 Å². The van der Waals surface area contributed by atoms with Gasteiger partial charge in [0.15, 0.2) is 0 Å². The van der Waals surface area contributed by atoms with Gasteiger partial charge in [-0.15, -0.1) is 0 Å². The second-order valence-electron chi connectivity index (χ2n) is 5.11. The van der Waals surface area contributed by atoms with E-state index < -0.39 is 11.7 Å². The number of amides is 1. The van der Waals surface area contributed by atoms with Gasteiger partial charge in [0.05, 0.1) is 8.48 Å². The quantitative estimate of drug-likeness (QED) is 0.908. The van der Waals surface area contributed by atoms with Crippen molar-refractivity contribution in [1.29, 1.82) is 0 Å². The molecular formula is C15H21NO3. The molecule has 4 nitrogen and oxygen atoms in total. The molecule has 0 aromatic heterocycles. The van der Waals surface area contributed by atoms with Crippen molar-refractivity contribution in [3.05, 3.63) is 36.4 Å². The average Bonchev–Trinajstić information content (AvgIpc) is 2.38. The highest BCUT2D eigenvalue weighted by Gasteiger charge is 2.15. The van der Waals surface area contributed by atoms with Crippen LogP contribution >= 0.6 is 0 Å². The van der Waals surface area contributed by atoms with E-state index in [9.17, 15) is 4.79 Å². The number of methoxy groups -OCH3 is 1. The number of carbonyl (C=O) groups excluding carboxylic acids is 1. The summed E-state index contributed by atoms with van der Waals surface area (Å²) in [6, 6.07) is 7.31. The average molecular weight is 264 g/mol. The van der Waals surface area contributed by atoms with E-state index in [0.29, 0.717) is 5.57 Å². The van der Waals surface area contributed by atoms with E-state index in [1.807, 2.05) is 24.3 Å². The summed E-state index contributed by atoms with van der Waals surface area (Å²) in [6.45, 7) is 6.87. The largest absolute Gasteiger partial charge is 0.497 e. The van der Waals surface area contributed by atoms with Crippen LogP contribution in [-0.2, 0) is 4.74 Å². The minimum Gasteiger partial charge on any atom is -0.497 e. The predicted molar refractivity (Wildman–Crippen MR) is 76.3 cm³/mol. The molecule has 4 heteroatoms. The number of nitrogens with one attached hydrogen (secondary N) is 1.